The molecular formula is C15H24BrNO3. The first kappa shape index (κ1) is 17.3. The van der Waals surface area contributed by atoms with Gasteiger partial charge in [-0.25, -0.2) is 0 Å². The molecule has 0 bridgehead atoms. The maximum Gasteiger partial charge on any atom is 0.167 e. The van der Waals surface area contributed by atoms with Crippen LogP contribution in [0.4, 0.5) is 0 Å². The maximum absolute atomic E-state index is 9.33. The van der Waals surface area contributed by atoms with Crippen molar-refractivity contribution in [3.63, 3.8) is 0 Å². The number of rotatable bonds is 7. The fourth-order valence-corrected chi connectivity index (χ4v) is 2.11. The number of nitrogens with one attached hydrogen (secondary N) is 1. The lowest BCUT2D eigenvalue weighted by atomic mass is 10.1. The van der Waals surface area contributed by atoms with Crippen molar-refractivity contribution in [2.45, 2.75) is 45.9 Å². The number of hydrogen-bond donors (Lipinski definition) is 2. The molecule has 0 amide bonds. The average Bonchev–Trinajstić information content (AvgIpc) is 2.38. The normalized spacial score (nSPS) is 11.8. The number of aliphatic hydroxyl groups excluding tert-OH is 1. The van der Waals surface area contributed by atoms with Crippen molar-refractivity contribution < 1.29 is 14.6 Å². The Bertz CT molecular complexity index is 447. The highest BCUT2D eigenvalue weighted by molar-refractivity contribution is 9.10. The quantitative estimate of drug-likeness (QED) is 0.797. The van der Waals surface area contributed by atoms with Gasteiger partial charge in [0.2, 0.25) is 0 Å². The van der Waals surface area contributed by atoms with Crippen LogP contribution in [0.15, 0.2) is 16.6 Å². The van der Waals surface area contributed by atoms with Gasteiger partial charge in [-0.15, -0.1) is 0 Å². The molecule has 0 saturated heterocycles. The molecule has 0 aromatic heterocycles. The molecule has 5 heteroatoms. The number of hydrogen-bond acceptors (Lipinski definition) is 4. The summed E-state index contributed by atoms with van der Waals surface area (Å²) in [5, 5.41) is 12.6. The Labute approximate surface area is 129 Å². The summed E-state index contributed by atoms with van der Waals surface area (Å²) < 4.78 is 12.2. The summed E-state index contributed by atoms with van der Waals surface area (Å²) in [5.41, 5.74) is 0.636. The van der Waals surface area contributed by atoms with Crippen molar-refractivity contribution >= 4 is 15.9 Å². The van der Waals surface area contributed by atoms with E-state index < -0.39 is 0 Å². The Morgan fingerprint density at radius 1 is 1.35 bits per heavy atom. The van der Waals surface area contributed by atoms with Crippen LogP contribution in [0.1, 0.15) is 33.3 Å². The molecule has 20 heavy (non-hydrogen) atoms. The van der Waals surface area contributed by atoms with Gasteiger partial charge in [-0.05, 0) is 39.8 Å². The van der Waals surface area contributed by atoms with Crippen LogP contribution < -0.4 is 14.8 Å². The van der Waals surface area contributed by atoms with Gasteiger partial charge >= 0.3 is 0 Å². The molecule has 0 unspecified atom stereocenters. The Morgan fingerprint density at radius 2 is 2.00 bits per heavy atom. The van der Waals surface area contributed by atoms with E-state index in [0.29, 0.717) is 12.3 Å². The summed E-state index contributed by atoms with van der Waals surface area (Å²) in [6.07, 6.45) is 0.0582. The lowest BCUT2D eigenvalue weighted by Crippen LogP contribution is -2.42. The van der Waals surface area contributed by atoms with E-state index in [0.717, 1.165) is 15.8 Å². The molecule has 0 aliphatic carbocycles. The SMILES string of the molecule is COc1ccc(Br)c(CNC(C)(C)CO)c1OC(C)C. The van der Waals surface area contributed by atoms with E-state index >= 15 is 0 Å². The minimum absolute atomic E-state index is 0.0582. The Hall–Kier alpha value is -0.780. The van der Waals surface area contributed by atoms with Crippen LogP contribution in [0.3, 0.4) is 0 Å². The minimum Gasteiger partial charge on any atom is -0.493 e. The van der Waals surface area contributed by atoms with Crippen molar-refractivity contribution in [3.8, 4) is 11.5 Å². The van der Waals surface area contributed by atoms with Gasteiger partial charge in [0.15, 0.2) is 11.5 Å². The summed E-state index contributed by atoms with van der Waals surface area (Å²) in [5.74, 6) is 1.44. The highest BCUT2D eigenvalue weighted by Gasteiger charge is 2.20. The molecule has 0 heterocycles. The zero-order valence-corrected chi connectivity index (χ0v) is 14.4. The molecule has 4 nitrogen and oxygen atoms in total. The predicted molar refractivity (Wildman–Crippen MR) is 84.5 cm³/mol. The Kier molecular flexibility index (Phi) is 6.30. The third kappa shape index (κ3) is 4.65. The molecule has 0 spiro atoms. The molecule has 0 aliphatic rings. The molecular weight excluding hydrogens is 322 g/mol. The average molecular weight is 346 g/mol. The van der Waals surface area contributed by atoms with Gasteiger partial charge in [-0.2, -0.15) is 0 Å². The second-order valence-corrected chi connectivity index (χ2v) is 6.47. The van der Waals surface area contributed by atoms with Crippen LogP contribution in [0.2, 0.25) is 0 Å². The molecule has 1 aromatic carbocycles. The lowest BCUT2D eigenvalue weighted by Gasteiger charge is -2.25. The van der Waals surface area contributed by atoms with E-state index in [1.807, 2.05) is 39.8 Å². The van der Waals surface area contributed by atoms with E-state index in [1.54, 1.807) is 7.11 Å². The predicted octanol–water partition coefficient (Wildman–Crippen LogP) is 3.11. The second kappa shape index (κ2) is 7.29. The highest BCUT2D eigenvalue weighted by atomic mass is 79.9. The summed E-state index contributed by atoms with van der Waals surface area (Å²) in [6.45, 7) is 8.50. The summed E-state index contributed by atoms with van der Waals surface area (Å²) >= 11 is 3.55. The number of halogens is 1. The molecule has 1 rings (SSSR count). The molecule has 0 saturated carbocycles. The molecule has 0 fully saturated rings. The van der Waals surface area contributed by atoms with Gasteiger partial charge < -0.3 is 19.9 Å². The second-order valence-electron chi connectivity index (χ2n) is 5.62. The first-order chi connectivity index (χ1) is 9.30. The largest absolute Gasteiger partial charge is 0.493 e. The van der Waals surface area contributed by atoms with Crippen molar-refractivity contribution in [2.24, 2.45) is 0 Å². The summed E-state index contributed by atoms with van der Waals surface area (Å²) in [4.78, 5) is 0. The third-order valence-electron chi connectivity index (χ3n) is 2.88. The molecule has 114 valence electrons. The van der Waals surface area contributed by atoms with E-state index in [4.69, 9.17) is 9.47 Å². The zero-order chi connectivity index (χ0) is 15.3. The standard InChI is InChI=1S/C15H24BrNO3/c1-10(2)20-14-11(8-17-15(3,4)9-18)12(16)6-7-13(14)19-5/h6-7,10,17-18H,8-9H2,1-5H3. The minimum atomic E-state index is -0.350. The zero-order valence-electron chi connectivity index (χ0n) is 12.8. The van der Waals surface area contributed by atoms with E-state index in [2.05, 4.69) is 21.2 Å². The molecule has 1 aromatic rings. The fraction of sp³-hybridized carbons (Fsp3) is 0.600. The third-order valence-corrected chi connectivity index (χ3v) is 3.62. The number of ether oxygens (including phenoxy) is 2. The number of benzene rings is 1. The van der Waals surface area contributed by atoms with E-state index in [1.165, 1.54) is 0 Å². The molecule has 0 radical (unpaired) electrons. The van der Waals surface area contributed by atoms with Crippen molar-refractivity contribution in [3.05, 3.63) is 22.2 Å². The fourth-order valence-electron chi connectivity index (χ4n) is 1.66. The van der Waals surface area contributed by atoms with Gasteiger partial charge in [0.25, 0.3) is 0 Å². The van der Waals surface area contributed by atoms with Crippen LogP contribution in [0.5, 0.6) is 11.5 Å². The van der Waals surface area contributed by atoms with Gasteiger partial charge in [0, 0.05) is 22.1 Å². The van der Waals surface area contributed by atoms with E-state index in [-0.39, 0.29) is 18.2 Å². The first-order valence-corrected chi connectivity index (χ1v) is 7.48. The van der Waals surface area contributed by atoms with Crippen molar-refractivity contribution in [1.29, 1.82) is 0 Å². The van der Waals surface area contributed by atoms with Crippen molar-refractivity contribution in [1.82, 2.24) is 5.32 Å². The molecule has 0 aliphatic heterocycles. The molecule has 2 N–H and O–H groups in total. The van der Waals surface area contributed by atoms with Crippen molar-refractivity contribution in [2.75, 3.05) is 13.7 Å². The topological polar surface area (TPSA) is 50.7 Å². The molecule has 0 atom stereocenters. The van der Waals surface area contributed by atoms with Gasteiger partial charge in [0.1, 0.15) is 0 Å². The number of aliphatic hydroxyl groups is 1. The summed E-state index contributed by atoms with van der Waals surface area (Å²) in [6, 6.07) is 3.82. The van der Waals surface area contributed by atoms with Crippen LogP contribution in [-0.4, -0.2) is 30.5 Å². The van der Waals surface area contributed by atoms with Gasteiger partial charge in [-0.1, -0.05) is 15.9 Å². The maximum atomic E-state index is 9.33. The van der Waals surface area contributed by atoms with Gasteiger partial charge in [0.05, 0.1) is 19.8 Å². The van der Waals surface area contributed by atoms with Crippen LogP contribution in [0, 0.1) is 0 Å². The Morgan fingerprint density at radius 3 is 2.50 bits per heavy atom. The van der Waals surface area contributed by atoms with Gasteiger partial charge in [-0.3, -0.25) is 0 Å². The van der Waals surface area contributed by atoms with E-state index in [9.17, 15) is 5.11 Å². The van der Waals surface area contributed by atoms with Crippen LogP contribution in [0.25, 0.3) is 0 Å². The van der Waals surface area contributed by atoms with Crippen LogP contribution in [-0.2, 0) is 6.54 Å². The first-order valence-electron chi connectivity index (χ1n) is 6.68. The number of methoxy groups -OCH3 is 1. The monoisotopic (exact) mass is 345 g/mol. The summed E-state index contributed by atoms with van der Waals surface area (Å²) in [7, 11) is 1.63. The smallest absolute Gasteiger partial charge is 0.167 e. The highest BCUT2D eigenvalue weighted by Crippen LogP contribution is 2.37. The Balaban J connectivity index is 3.08. The lowest BCUT2D eigenvalue weighted by molar-refractivity contribution is 0.185. The van der Waals surface area contributed by atoms with Crippen LogP contribution >= 0.6 is 15.9 Å².